The molecule has 0 aromatic carbocycles. The van der Waals surface area contributed by atoms with Gasteiger partial charge in [-0.05, 0) is 0 Å². The van der Waals surface area contributed by atoms with Crippen molar-refractivity contribution in [2.24, 2.45) is 22.9 Å². The van der Waals surface area contributed by atoms with Gasteiger partial charge in [0.1, 0.15) is 0 Å². The van der Waals surface area contributed by atoms with Crippen LogP contribution in [0.25, 0.3) is 0 Å². The molecule has 19 heavy (non-hydrogen) atoms. The monoisotopic (exact) mass is 373 g/mol. The van der Waals surface area contributed by atoms with Gasteiger partial charge in [0.25, 0.3) is 0 Å². The Balaban J connectivity index is -0.00000000908. The molecule has 1 radical (unpaired) electrons. The van der Waals surface area contributed by atoms with Gasteiger partial charge < -0.3 is 70.3 Å². The number of hydrogen-bond acceptors (Lipinski definition) is 8. The standard InChI is InChI=1S/2C2H8N2.4CN.2Cu.Na/c2*3-1-2-4;4*1-2;;;/h2*1-4H2;;;;;;;/q;;4*-1;+1;+2;+1. The summed E-state index contributed by atoms with van der Waals surface area (Å²) in [4.78, 5) is 0. The normalized spacial score (nSPS) is 3.58. The second-order valence-electron chi connectivity index (χ2n) is 1.15. The minimum atomic E-state index is 0. The summed E-state index contributed by atoms with van der Waals surface area (Å²) in [5, 5.41) is 25.0. The van der Waals surface area contributed by atoms with Crippen LogP contribution in [0.3, 0.4) is 0 Å². The Kier molecular flexibility index (Phi) is 1120. The second-order valence-corrected chi connectivity index (χ2v) is 1.15. The van der Waals surface area contributed by atoms with Crippen molar-refractivity contribution in [3.8, 4) is 0 Å². The van der Waals surface area contributed by atoms with Crippen molar-refractivity contribution < 1.29 is 63.7 Å². The molecule has 0 aromatic heterocycles. The Morgan fingerprint density at radius 3 is 0.579 bits per heavy atom. The minimum absolute atomic E-state index is 0. The number of nitrogens with zero attached hydrogens (tertiary/aromatic N) is 4. The molecular formula is C8H16Cu2N8Na. The molecule has 0 saturated heterocycles. The van der Waals surface area contributed by atoms with Crippen molar-refractivity contribution in [2.45, 2.75) is 0 Å². The van der Waals surface area contributed by atoms with Gasteiger partial charge in [-0.25, -0.2) is 0 Å². The first-order chi connectivity index (χ1) is 7.83. The third-order valence-electron chi connectivity index (χ3n) is 0.333. The summed E-state index contributed by atoms with van der Waals surface area (Å²) in [6.45, 7) is 21.4. The maximum absolute atomic E-state index is 6.25. The van der Waals surface area contributed by atoms with E-state index in [1.165, 1.54) is 0 Å². The van der Waals surface area contributed by atoms with Gasteiger partial charge in [0.05, 0.1) is 0 Å². The molecule has 0 aromatic rings. The van der Waals surface area contributed by atoms with Crippen LogP contribution in [0.5, 0.6) is 0 Å². The molecule has 0 aliphatic carbocycles. The Hall–Kier alpha value is -0.161. The fraction of sp³-hybridized carbons (Fsp3) is 0.500. The first-order valence-electron chi connectivity index (χ1n) is 3.53. The number of nitrogens with two attached hydrogens (primary N) is 4. The molecule has 0 aliphatic heterocycles. The molecule has 8 N–H and O–H groups in total. The SMILES string of the molecule is NCCN.NCCN.[C-]#N.[C-]#N.[C-]#N.[C-]#N.[Cu+2].[Cu+].[Na+]. The summed E-state index contributed by atoms with van der Waals surface area (Å²) in [5.41, 5.74) is 19.6. The first kappa shape index (κ1) is 61.9. The molecule has 0 rings (SSSR count). The van der Waals surface area contributed by atoms with E-state index in [0.717, 1.165) is 0 Å². The Labute approximate surface area is 159 Å². The number of hydrogen-bond donors (Lipinski definition) is 4. The van der Waals surface area contributed by atoms with Crippen LogP contribution in [-0.2, 0) is 34.1 Å². The predicted octanol–water partition coefficient (Wildman–Crippen LogP) is -4.81. The molecule has 0 atom stereocenters. The van der Waals surface area contributed by atoms with E-state index in [2.05, 4.69) is 0 Å². The Bertz CT molecular complexity index is 108. The van der Waals surface area contributed by atoms with Crippen molar-refractivity contribution in [3.63, 3.8) is 0 Å². The molecule has 11 heteroatoms. The van der Waals surface area contributed by atoms with Crippen LogP contribution in [0.1, 0.15) is 0 Å². The van der Waals surface area contributed by atoms with Gasteiger partial charge in [-0.1, -0.05) is 0 Å². The van der Waals surface area contributed by atoms with Crippen molar-refractivity contribution in [3.05, 3.63) is 26.3 Å². The molecule has 0 fully saturated rings. The third-order valence-corrected chi connectivity index (χ3v) is 0.333. The topological polar surface area (TPSA) is 199 Å². The average molecular weight is 374 g/mol. The van der Waals surface area contributed by atoms with Gasteiger partial charge in [0.2, 0.25) is 0 Å². The molecule has 8 nitrogen and oxygen atoms in total. The minimum Gasteiger partial charge on any atom is -0.512 e. The van der Waals surface area contributed by atoms with E-state index in [4.69, 9.17) is 70.3 Å². The van der Waals surface area contributed by atoms with Crippen LogP contribution in [0.15, 0.2) is 0 Å². The predicted molar refractivity (Wildman–Crippen MR) is 56.1 cm³/mol. The van der Waals surface area contributed by atoms with Crippen LogP contribution < -0.4 is 52.5 Å². The fourth-order valence-corrected chi connectivity index (χ4v) is 0. The van der Waals surface area contributed by atoms with E-state index in [9.17, 15) is 0 Å². The Morgan fingerprint density at radius 1 is 0.526 bits per heavy atom. The summed E-state index contributed by atoms with van der Waals surface area (Å²) in [6, 6.07) is 0. The summed E-state index contributed by atoms with van der Waals surface area (Å²) in [7, 11) is 0. The maximum Gasteiger partial charge on any atom is 2.00 e. The van der Waals surface area contributed by atoms with Gasteiger partial charge in [-0.2, -0.15) is 0 Å². The zero-order valence-corrected chi connectivity index (χ0v) is 14.4. The van der Waals surface area contributed by atoms with Crippen molar-refractivity contribution in [1.82, 2.24) is 0 Å². The second kappa shape index (κ2) is 343. The smallest absolute Gasteiger partial charge is 0.512 e. The van der Waals surface area contributed by atoms with Crippen LogP contribution in [0.2, 0.25) is 0 Å². The molecule has 0 bridgehead atoms. The third kappa shape index (κ3) is 1320. The molecule has 111 valence electrons. The zero-order valence-electron chi connectivity index (χ0n) is 10.5. The largest absolute Gasteiger partial charge is 2.00 e. The molecule has 0 saturated carbocycles. The van der Waals surface area contributed by atoms with E-state index in [1.807, 2.05) is 0 Å². The van der Waals surface area contributed by atoms with Crippen molar-refractivity contribution in [1.29, 1.82) is 21.0 Å². The fourth-order valence-electron chi connectivity index (χ4n) is 0. The summed E-state index contributed by atoms with van der Waals surface area (Å²) in [6.07, 6.45) is 0. The quantitative estimate of drug-likeness (QED) is 0.272. The van der Waals surface area contributed by atoms with E-state index in [0.29, 0.717) is 26.2 Å². The van der Waals surface area contributed by atoms with E-state index in [1.54, 1.807) is 0 Å². The maximum atomic E-state index is 6.25. The van der Waals surface area contributed by atoms with E-state index >= 15 is 0 Å². The van der Waals surface area contributed by atoms with Gasteiger partial charge >= 0.3 is 63.7 Å². The van der Waals surface area contributed by atoms with Gasteiger partial charge in [0, 0.05) is 26.2 Å². The van der Waals surface area contributed by atoms with Crippen LogP contribution in [-0.4, -0.2) is 26.2 Å². The van der Waals surface area contributed by atoms with E-state index in [-0.39, 0.29) is 63.7 Å². The zero-order chi connectivity index (χ0) is 14.8. The van der Waals surface area contributed by atoms with Crippen LogP contribution in [0, 0.1) is 47.3 Å². The summed E-state index contributed by atoms with van der Waals surface area (Å²) in [5.74, 6) is 0. The molecule has 0 spiro atoms. The van der Waals surface area contributed by atoms with Crippen LogP contribution >= 0.6 is 0 Å². The molecular weight excluding hydrogens is 358 g/mol. The summed E-state index contributed by atoms with van der Waals surface area (Å²) >= 11 is 0. The van der Waals surface area contributed by atoms with E-state index < -0.39 is 0 Å². The summed E-state index contributed by atoms with van der Waals surface area (Å²) < 4.78 is 0. The first-order valence-corrected chi connectivity index (χ1v) is 3.53. The van der Waals surface area contributed by atoms with Gasteiger partial charge in [-0.3, -0.25) is 0 Å². The average Bonchev–Trinajstić information content (AvgIpc) is 2.47. The Morgan fingerprint density at radius 2 is 0.579 bits per heavy atom. The van der Waals surface area contributed by atoms with Crippen molar-refractivity contribution in [2.75, 3.05) is 26.2 Å². The molecule has 0 amide bonds. The molecule has 0 aliphatic rings. The van der Waals surface area contributed by atoms with Gasteiger partial charge in [0.15, 0.2) is 0 Å². The van der Waals surface area contributed by atoms with Crippen molar-refractivity contribution >= 4 is 0 Å². The molecule has 0 heterocycles. The van der Waals surface area contributed by atoms with Gasteiger partial charge in [-0.15, -0.1) is 0 Å². The number of rotatable bonds is 2. The van der Waals surface area contributed by atoms with Crippen LogP contribution in [0.4, 0.5) is 0 Å². The molecule has 0 unspecified atom stereocenters.